The van der Waals surface area contributed by atoms with Crippen molar-refractivity contribution in [1.82, 2.24) is 19.7 Å². The minimum atomic E-state index is -0.0290. The van der Waals surface area contributed by atoms with Gasteiger partial charge in [-0.2, -0.15) is 5.10 Å². The van der Waals surface area contributed by atoms with Gasteiger partial charge >= 0.3 is 0 Å². The first-order valence-electron chi connectivity index (χ1n) is 8.25. The third-order valence-corrected chi connectivity index (χ3v) is 4.96. The number of carbonyl (C=O) groups is 1. The van der Waals surface area contributed by atoms with Crippen LogP contribution in [0.5, 0.6) is 0 Å². The van der Waals surface area contributed by atoms with E-state index in [-0.39, 0.29) is 11.9 Å². The van der Waals surface area contributed by atoms with Gasteiger partial charge in [-0.1, -0.05) is 42.1 Å². The molecule has 3 rings (SSSR count). The molecule has 0 spiro atoms. The lowest BCUT2D eigenvalue weighted by molar-refractivity contribution is -0.126. The van der Waals surface area contributed by atoms with Gasteiger partial charge in [0.25, 0.3) is 0 Å². The third kappa shape index (κ3) is 4.40. The largest absolute Gasteiger partial charge is 0.335 e. The van der Waals surface area contributed by atoms with E-state index in [4.69, 9.17) is 0 Å². The van der Waals surface area contributed by atoms with Crippen LogP contribution in [0.3, 0.4) is 0 Å². The SMILES string of the molecule is CC(c1ccc(-n2cncn2)cc1)N(C)C(=O)C=CSc1ccccc1. The summed E-state index contributed by atoms with van der Waals surface area (Å²) < 4.78 is 1.70. The van der Waals surface area contributed by atoms with Crippen LogP contribution in [-0.4, -0.2) is 32.6 Å². The quantitative estimate of drug-likeness (QED) is 0.488. The summed E-state index contributed by atoms with van der Waals surface area (Å²) in [6, 6.07) is 17.9. The highest BCUT2D eigenvalue weighted by Crippen LogP contribution is 2.22. The summed E-state index contributed by atoms with van der Waals surface area (Å²) in [6.45, 7) is 2.01. The van der Waals surface area contributed by atoms with Crippen molar-refractivity contribution in [1.29, 1.82) is 0 Å². The summed E-state index contributed by atoms with van der Waals surface area (Å²) in [5.74, 6) is -0.0266. The smallest absolute Gasteiger partial charge is 0.247 e. The molecule has 3 aromatic rings. The fraction of sp³-hybridized carbons (Fsp3) is 0.150. The van der Waals surface area contributed by atoms with Crippen molar-refractivity contribution in [3.63, 3.8) is 0 Å². The molecule has 2 aromatic carbocycles. The summed E-state index contributed by atoms with van der Waals surface area (Å²) in [5, 5.41) is 5.94. The normalized spacial score (nSPS) is 12.2. The Bertz CT molecular complexity index is 861. The molecule has 0 bridgehead atoms. The van der Waals surface area contributed by atoms with Gasteiger partial charge in [0.15, 0.2) is 0 Å². The van der Waals surface area contributed by atoms with Crippen molar-refractivity contribution in [2.24, 2.45) is 0 Å². The fourth-order valence-electron chi connectivity index (χ4n) is 2.45. The number of hydrogen-bond acceptors (Lipinski definition) is 4. The van der Waals surface area contributed by atoms with Crippen LogP contribution < -0.4 is 0 Å². The number of aromatic nitrogens is 3. The van der Waals surface area contributed by atoms with Crippen molar-refractivity contribution in [3.05, 3.63) is 84.3 Å². The van der Waals surface area contributed by atoms with Gasteiger partial charge in [0.05, 0.1) is 11.7 Å². The van der Waals surface area contributed by atoms with Crippen molar-refractivity contribution in [2.75, 3.05) is 7.05 Å². The van der Waals surface area contributed by atoms with Gasteiger partial charge in [-0.25, -0.2) is 9.67 Å². The molecule has 0 fully saturated rings. The van der Waals surface area contributed by atoms with E-state index in [1.807, 2.05) is 74.0 Å². The topological polar surface area (TPSA) is 51.0 Å². The molecule has 6 heteroatoms. The van der Waals surface area contributed by atoms with Crippen molar-refractivity contribution < 1.29 is 4.79 Å². The predicted octanol–water partition coefficient (Wildman–Crippen LogP) is 4.09. The highest BCUT2D eigenvalue weighted by atomic mass is 32.2. The molecule has 1 atom stereocenters. The Kier molecular flexibility index (Phi) is 5.86. The number of carbonyl (C=O) groups excluding carboxylic acids is 1. The number of thioether (sulfide) groups is 1. The molecule has 1 heterocycles. The summed E-state index contributed by atoms with van der Waals surface area (Å²) >= 11 is 1.53. The average molecular weight is 364 g/mol. The van der Waals surface area contributed by atoms with Gasteiger partial charge in [0, 0.05) is 18.0 Å². The lowest BCUT2D eigenvalue weighted by Crippen LogP contribution is -2.27. The number of benzene rings is 2. The fourth-order valence-corrected chi connectivity index (χ4v) is 3.10. The molecule has 0 aliphatic heterocycles. The van der Waals surface area contributed by atoms with Gasteiger partial charge in [0.2, 0.25) is 5.91 Å². The molecule has 0 aliphatic carbocycles. The Labute approximate surface area is 157 Å². The summed E-state index contributed by atoms with van der Waals surface area (Å²) in [6.07, 6.45) is 4.77. The monoisotopic (exact) mass is 364 g/mol. The second-order valence-electron chi connectivity index (χ2n) is 5.79. The van der Waals surface area contributed by atoms with E-state index in [1.54, 1.807) is 22.0 Å². The Balaban J connectivity index is 1.61. The average Bonchev–Trinajstić information content (AvgIpc) is 3.22. The van der Waals surface area contributed by atoms with Crippen LogP contribution in [-0.2, 0) is 4.79 Å². The Hall–Kier alpha value is -2.86. The van der Waals surface area contributed by atoms with Crippen LogP contribution in [0, 0.1) is 0 Å². The molecular weight excluding hydrogens is 344 g/mol. The molecule has 1 amide bonds. The molecule has 0 radical (unpaired) electrons. The Morgan fingerprint density at radius 1 is 1.15 bits per heavy atom. The van der Waals surface area contributed by atoms with Gasteiger partial charge in [-0.15, -0.1) is 0 Å². The zero-order valence-corrected chi connectivity index (χ0v) is 15.5. The number of amides is 1. The first-order valence-corrected chi connectivity index (χ1v) is 9.13. The maximum atomic E-state index is 12.4. The van der Waals surface area contributed by atoms with Crippen LogP contribution in [0.25, 0.3) is 5.69 Å². The predicted molar refractivity (Wildman–Crippen MR) is 104 cm³/mol. The number of rotatable bonds is 6. The molecule has 5 nitrogen and oxygen atoms in total. The molecule has 26 heavy (non-hydrogen) atoms. The first-order chi connectivity index (χ1) is 12.6. The van der Waals surface area contributed by atoms with Gasteiger partial charge < -0.3 is 4.90 Å². The summed E-state index contributed by atoms with van der Waals surface area (Å²) in [7, 11) is 1.82. The first kappa shape index (κ1) is 17.9. The zero-order chi connectivity index (χ0) is 18.4. The molecule has 132 valence electrons. The van der Waals surface area contributed by atoms with E-state index in [1.165, 1.54) is 18.1 Å². The van der Waals surface area contributed by atoms with Crippen LogP contribution in [0.2, 0.25) is 0 Å². The minimum Gasteiger partial charge on any atom is -0.335 e. The van der Waals surface area contributed by atoms with Crippen LogP contribution in [0.4, 0.5) is 0 Å². The maximum Gasteiger partial charge on any atom is 0.247 e. The number of likely N-dealkylation sites (N-methyl/N-ethyl adjacent to an activating group) is 1. The zero-order valence-electron chi connectivity index (χ0n) is 14.7. The van der Waals surface area contributed by atoms with E-state index < -0.39 is 0 Å². The molecule has 0 saturated carbocycles. The van der Waals surface area contributed by atoms with Gasteiger partial charge in [-0.05, 0) is 42.2 Å². The lowest BCUT2D eigenvalue weighted by atomic mass is 10.1. The second-order valence-corrected chi connectivity index (χ2v) is 6.77. The molecule has 1 unspecified atom stereocenters. The van der Waals surface area contributed by atoms with Crippen molar-refractivity contribution >= 4 is 17.7 Å². The Morgan fingerprint density at radius 2 is 1.88 bits per heavy atom. The summed E-state index contributed by atoms with van der Waals surface area (Å²) in [5.41, 5.74) is 2.00. The Morgan fingerprint density at radius 3 is 2.54 bits per heavy atom. The highest BCUT2D eigenvalue weighted by molar-refractivity contribution is 8.02. The third-order valence-electron chi connectivity index (χ3n) is 4.15. The van der Waals surface area contributed by atoms with E-state index in [9.17, 15) is 4.79 Å². The van der Waals surface area contributed by atoms with E-state index in [0.29, 0.717) is 0 Å². The standard InChI is InChI=1S/C20H20N4OS/c1-16(17-8-10-18(11-9-17)24-15-21-14-22-24)23(2)20(25)12-13-26-19-6-4-3-5-7-19/h3-16H,1-2H3. The van der Waals surface area contributed by atoms with Crippen LogP contribution >= 0.6 is 11.8 Å². The molecule has 0 saturated heterocycles. The highest BCUT2D eigenvalue weighted by Gasteiger charge is 2.15. The van der Waals surface area contributed by atoms with Crippen LogP contribution in [0.1, 0.15) is 18.5 Å². The molecule has 1 aromatic heterocycles. The van der Waals surface area contributed by atoms with Gasteiger partial charge in [-0.3, -0.25) is 4.79 Å². The maximum absolute atomic E-state index is 12.4. The van der Waals surface area contributed by atoms with Crippen LogP contribution in [0.15, 0.2) is 83.6 Å². The van der Waals surface area contributed by atoms with E-state index >= 15 is 0 Å². The van der Waals surface area contributed by atoms with Gasteiger partial charge in [0.1, 0.15) is 12.7 Å². The summed E-state index contributed by atoms with van der Waals surface area (Å²) in [4.78, 5) is 19.2. The number of hydrogen-bond donors (Lipinski definition) is 0. The molecular formula is C20H20N4OS. The molecule has 0 N–H and O–H groups in total. The van der Waals surface area contributed by atoms with Crippen molar-refractivity contribution in [3.8, 4) is 5.69 Å². The lowest BCUT2D eigenvalue weighted by Gasteiger charge is -2.24. The molecule has 0 aliphatic rings. The number of nitrogens with zero attached hydrogens (tertiary/aromatic N) is 4. The minimum absolute atomic E-state index is 0.0266. The second kappa shape index (κ2) is 8.49. The van der Waals surface area contributed by atoms with E-state index in [2.05, 4.69) is 10.1 Å². The van der Waals surface area contributed by atoms with E-state index in [0.717, 1.165) is 16.1 Å². The van der Waals surface area contributed by atoms with Crippen molar-refractivity contribution in [2.45, 2.75) is 17.9 Å².